The molecule has 0 unspecified atom stereocenters. The first-order valence-corrected chi connectivity index (χ1v) is 7.88. The first kappa shape index (κ1) is 17.3. The second kappa shape index (κ2) is 10.1. The second-order valence-corrected chi connectivity index (χ2v) is 5.48. The van der Waals surface area contributed by atoms with E-state index in [1.165, 1.54) is 36.9 Å². The zero-order valence-electron chi connectivity index (χ0n) is 13.9. The Morgan fingerprint density at radius 3 is 2.62 bits per heavy atom. The van der Waals surface area contributed by atoms with Crippen LogP contribution in [-0.4, -0.2) is 33.6 Å². The van der Waals surface area contributed by atoms with E-state index in [9.17, 15) is 0 Å². The zero-order valence-corrected chi connectivity index (χ0v) is 13.9. The topological polar surface area (TPSA) is 39.7 Å². The van der Waals surface area contributed by atoms with Crippen molar-refractivity contribution in [3.63, 3.8) is 0 Å². The van der Waals surface area contributed by atoms with Crippen LogP contribution in [0.4, 0.5) is 5.69 Å². The molecule has 2 N–H and O–H groups in total. The largest absolute Gasteiger partial charge is 0.378 e. The first-order valence-electron chi connectivity index (χ1n) is 7.88. The normalized spacial score (nSPS) is 11.3. The fourth-order valence-corrected chi connectivity index (χ4v) is 2.11. The Bertz CT molecular complexity index is 427. The molecule has 0 saturated heterocycles. The molecule has 0 atom stereocenters. The summed E-state index contributed by atoms with van der Waals surface area (Å²) in [6.07, 6.45) is 5.07. The third-order valence-corrected chi connectivity index (χ3v) is 3.43. The van der Waals surface area contributed by atoms with Crippen LogP contribution in [0.25, 0.3) is 0 Å². The highest BCUT2D eigenvalue weighted by molar-refractivity contribution is 5.79. The molecule has 1 aromatic rings. The second-order valence-electron chi connectivity index (χ2n) is 5.48. The number of unbranched alkanes of at least 4 members (excludes halogenated alkanes) is 3. The van der Waals surface area contributed by atoms with Crippen molar-refractivity contribution in [1.82, 2.24) is 10.6 Å². The van der Waals surface area contributed by atoms with E-state index in [0.29, 0.717) is 0 Å². The molecule has 0 radical (unpaired) electrons. The van der Waals surface area contributed by atoms with Crippen LogP contribution in [-0.2, 0) is 6.54 Å². The Morgan fingerprint density at radius 1 is 1.14 bits per heavy atom. The molecule has 1 rings (SSSR count). The van der Waals surface area contributed by atoms with Crippen molar-refractivity contribution in [1.29, 1.82) is 0 Å². The van der Waals surface area contributed by atoms with Gasteiger partial charge in [0, 0.05) is 39.9 Å². The molecule has 0 bridgehead atoms. The maximum Gasteiger partial charge on any atom is 0.191 e. The Morgan fingerprint density at radius 2 is 1.95 bits per heavy atom. The van der Waals surface area contributed by atoms with Crippen molar-refractivity contribution >= 4 is 11.6 Å². The Hall–Kier alpha value is -1.71. The number of anilines is 1. The number of nitrogens with one attached hydrogen (secondary N) is 2. The molecule has 0 spiro atoms. The van der Waals surface area contributed by atoms with E-state index in [4.69, 9.17) is 0 Å². The van der Waals surface area contributed by atoms with E-state index in [1.807, 2.05) is 7.05 Å². The van der Waals surface area contributed by atoms with Gasteiger partial charge >= 0.3 is 0 Å². The number of rotatable bonds is 8. The molecule has 1 aromatic carbocycles. The Kier molecular flexibility index (Phi) is 8.32. The molecule has 0 saturated carbocycles. The lowest BCUT2D eigenvalue weighted by Gasteiger charge is -2.15. The molecule has 4 nitrogen and oxygen atoms in total. The quantitative estimate of drug-likeness (QED) is 0.439. The number of benzene rings is 1. The van der Waals surface area contributed by atoms with Gasteiger partial charge in [-0.3, -0.25) is 4.99 Å². The van der Waals surface area contributed by atoms with Crippen LogP contribution in [0.5, 0.6) is 0 Å². The summed E-state index contributed by atoms with van der Waals surface area (Å²) < 4.78 is 0. The van der Waals surface area contributed by atoms with Crippen molar-refractivity contribution in [2.75, 3.05) is 32.6 Å². The van der Waals surface area contributed by atoms with Crippen molar-refractivity contribution in [2.45, 2.75) is 39.2 Å². The third-order valence-electron chi connectivity index (χ3n) is 3.43. The third kappa shape index (κ3) is 7.02. The number of nitrogens with zero attached hydrogens (tertiary/aromatic N) is 2. The average Bonchev–Trinajstić information content (AvgIpc) is 2.50. The van der Waals surface area contributed by atoms with Crippen LogP contribution >= 0.6 is 0 Å². The smallest absolute Gasteiger partial charge is 0.191 e. The summed E-state index contributed by atoms with van der Waals surface area (Å²) in [4.78, 5) is 6.38. The molecule has 0 amide bonds. The van der Waals surface area contributed by atoms with E-state index in [0.717, 1.165) is 19.0 Å². The van der Waals surface area contributed by atoms with Gasteiger partial charge in [0.25, 0.3) is 0 Å². The maximum absolute atomic E-state index is 4.26. The molecular weight excluding hydrogens is 260 g/mol. The van der Waals surface area contributed by atoms with Crippen LogP contribution in [0.3, 0.4) is 0 Å². The molecule has 0 aliphatic carbocycles. The van der Waals surface area contributed by atoms with Gasteiger partial charge in [0.2, 0.25) is 0 Å². The minimum absolute atomic E-state index is 0.788. The van der Waals surface area contributed by atoms with Crippen LogP contribution in [0.2, 0.25) is 0 Å². The molecule has 0 aromatic heterocycles. The van der Waals surface area contributed by atoms with Gasteiger partial charge in [-0.2, -0.15) is 0 Å². The predicted molar refractivity (Wildman–Crippen MR) is 93.1 cm³/mol. The van der Waals surface area contributed by atoms with E-state index >= 15 is 0 Å². The van der Waals surface area contributed by atoms with Crippen LogP contribution in [0.15, 0.2) is 29.3 Å². The van der Waals surface area contributed by atoms with Gasteiger partial charge in [-0.05, 0) is 24.1 Å². The van der Waals surface area contributed by atoms with Gasteiger partial charge in [-0.25, -0.2) is 0 Å². The Labute approximate surface area is 129 Å². The Balaban J connectivity index is 2.36. The lowest BCUT2D eigenvalue weighted by Crippen LogP contribution is -2.37. The molecule has 0 fully saturated rings. The van der Waals surface area contributed by atoms with E-state index in [2.05, 4.69) is 65.8 Å². The fraction of sp³-hybridized carbons (Fsp3) is 0.588. The summed E-state index contributed by atoms with van der Waals surface area (Å²) in [5, 5.41) is 6.73. The van der Waals surface area contributed by atoms with Crippen LogP contribution in [0, 0.1) is 0 Å². The highest BCUT2D eigenvalue weighted by Crippen LogP contribution is 2.12. The molecule has 0 aliphatic heterocycles. The molecule has 0 heterocycles. The van der Waals surface area contributed by atoms with Crippen molar-refractivity contribution < 1.29 is 0 Å². The number of guanidine groups is 1. The van der Waals surface area contributed by atoms with E-state index in [-0.39, 0.29) is 0 Å². The predicted octanol–water partition coefficient (Wildman–Crippen LogP) is 3.00. The minimum atomic E-state index is 0.788. The average molecular weight is 290 g/mol. The summed E-state index contributed by atoms with van der Waals surface area (Å²) in [5.74, 6) is 0.877. The van der Waals surface area contributed by atoms with Crippen LogP contribution < -0.4 is 15.5 Å². The van der Waals surface area contributed by atoms with Crippen molar-refractivity contribution in [3.8, 4) is 0 Å². The lowest BCUT2D eigenvalue weighted by molar-refractivity contribution is 0.647. The summed E-state index contributed by atoms with van der Waals surface area (Å²) in [5.41, 5.74) is 2.48. The van der Waals surface area contributed by atoms with Gasteiger partial charge in [0.1, 0.15) is 0 Å². The standard InChI is InChI=1S/C17H30N4/c1-5-6-7-8-12-19-17(18-2)20-14-15-10-9-11-16(13-15)21(3)4/h9-11,13H,5-8,12,14H2,1-4H3,(H2,18,19,20). The van der Waals surface area contributed by atoms with E-state index < -0.39 is 0 Å². The summed E-state index contributed by atoms with van der Waals surface area (Å²) in [6, 6.07) is 8.54. The summed E-state index contributed by atoms with van der Waals surface area (Å²) in [6.45, 7) is 4.00. The SMILES string of the molecule is CCCCCCNC(=NC)NCc1cccc(N(C)C)c1. The zero-order chi connectivity index (χ0) is 15.5. The van der Waals surface area contributed by atoms with Gasteiger partial charge in [-0.15, -0.1) is 0 Å². The highest BCUT2D eigenvalue weighted by atomic mass is 15.2. The molecule has 0 aliphatic rings. The van der Waals surface area contributed by atoms with Crippen molar-refractivity contribution in [3.05, 3.63) is 29.8 Å². The molecular formula is C17H30N4. The van der Waals surface area contributed by atoms with Crippen LogP contribution in [0.1, 0.15) is 38.2 Å². The molecule has 118 valence electrons. The maximum atomic E-state index is 4.26. The molecule has 21 heavy (non-hydrogen) atoms. The highest BCUT2D eigenvalue weighted by Gasteiger charge is 2.00. The summed E-state index contributed by atoms with van der Waals surface area (Å²) in [7, 11) is 5.93. The van der Waals surface area contributed by atoms with Gasteiger partial charge in [0.15, 0.2) is 5.96 Å². The lowest BCUT2D eigenvalue weighted by atomic mass is 10.2. The van der Waals surface area contributed by atoms with Gasteiger partial charge in [-0.1, -0.05) is 38.3 Å². The first-order chi connectivity index (χ1) is 10.2. The van der Waals surface area contributed by atoms with Gasteiger partial charge in [0.05, 0.1) is 0 Å². The monoisotopic (exact) mass is 290 g/mol. The van der Waals surface area contributed by atoms with E-state index in [1.54, 1.807) is 0 Å². The number of aliphatic imine (C=N–C) groups is 1. The molecule has 4 heteroatoms. The fourth-order valence-electron chi connectivity index (χ4n) is 2.11. The number of hydrogen-bond acceptors (Lipinski definition) is 2. The summed E-state index contributed by atoms with van der Waals surface area (Å²) >= 11 is 0. The van der Waals surface area contributed by atoms with Gasteiger partial charge < -0.3 is 15.5 Å². The minimum Gasteiger partial charge on any atom is -0.378 e. The number of hydrogen-bond donors (Lipinski definition) is 2. The van der Waals surface area contributed by atoms with Crippen molar-refractivity contribution in [2.24, 2.45) is 4.99 Å².